The molecule has 818 valence electrons. The molecule has 0 radical (unpaired) electrons. The third-order valence-electron chi connectivity index (χ3n) is 28.3. The Hall–Kier alpha value is -10.2. The van der Waals surface area contributed by atoms with E-state index in [4.69, 9.17) is 42.6 Å². The van der Waals surface area contributed by atoms with Gasteiger partial charge in [0, 0.05) is 84.3 Å². The molecule has 1 aliphatic carbocycles. The Balaban J connectivity index is 0.765. The van der Waals surface area contributed by atoms with Crippen molar-refractivity contribution in [2.45, 2.75) is 307 Å². The Bertz CT molecular complexity index is 4930. The van der Waals surface area contributed by atoms with Crippen LogP contribution in [0.5, 0.6) is 0 Å². The number of unbranched alkanes of at least 4 members (excludes halogenated alkanes) is 1. The van der Waals surface area contributed by atoms with E-state index in [0.29, 0.717) is 80.7 Å². The lowest BCUT2D eigenvalue weighted by Crippen LogP contribution is -2.66. The van der Waals surface area contributed by atoms with Crippen molar-refractivity contribution in [2.24, 2.45) is 35.5 Å². The van der Waals surface area contributed by atoms with Crippen molar-refractivity contribution in [1.82, 2.24) is 66.9 Å². The van der Waals surface area contributed by atoms with E-state index >= 15 is 4.79 Å². The molecular weight excluding hydrogens is 1910 g/mol. The number of methoxy groups -OCH3 is 2. The summed E-state index contributed by atoms with van der Waals surface area (Å²) in [4.78, 5) is 162. The fourth-order valence-corrected chi connectivity index (χ4v) is 19.8. The molecule has 0 spiro atoms. The lowest BCUT2D eigenvalue weighted by molar-refractivity contribution is -0.299. The SMILES string of the molecule is CC[C@H](C)[C@@H]([C@@H](CC(=O)N1CCC[C@H]1[C@H](OC)[C@@H](C)C(=O)N[C@H](C)[C@@H](O)c1ccccc1)OC)N(C)C(=O)[C@@H](NC(=O)[C@H](C(C)C)N(C)C(=O)[C@H](C)NC(=O)[C@@H](NC(=O)[C@@H](CCCCNC(=O)COC1CCCCCc2c1nnn2[C@H]1O[C@H](CO)C([C@H]2O[C@H](CO)[C@@H](O)[C@H](O)[C@H]2O)[C@H](O)[C@H]1O)NC(=O)CCOCCOCCOCCOCCNC(=O)CCC(=O)N1Cc2ccccc2C#Cc2ccccc21)C(C)C)C(C)C. The number of nitrogens with zero attached hydrogens (tertiary/aromatic N) is 7. The number of carbonyl (C=O) groups is 11. The van der Waals surface area contributed by atoms with Crippen LogP contribution in [0.3, 0.4) is 0 Å². The first-order valence-electron chi connectivity index (χ1n) is 51.8. The number of amides is 11. The van der Waals surface area contributed by atoms with Crippen LogP contribution >= 0.6 is 0 Å². The molecule has 42 heteroatoms. The molecule has 5 heterocycles. The van der Waals surface area contributed by atoms with Crippen molar-refractivity contribution in [3.63, 3.8) is 0 Å². The first-order chi connectivity index (χ1) is 70.3. The third kappa shape index (κ3) is 33.4. The van der Waals surface area contributed by atoms with E-state index in [1.165, 1.54) is 42.7 Å². The van der Waals surface area contributed by atoms with Crippen LogP contribution in [0, 0.1) is 47.3 Å². The molecule has 9 rings (SSSR count). The first kappa shape index (κ1) is 120. The Labute approximate surface area is 861 Å². The monoisotopic (exact) mass is 2070 g/mol. The number of likely N-dealkylation sites (tertiary alicyclic amines) is 1. The van der Waals surface area contributed by atoms with Gasteiger partial charge < -0.3 is 140 Å². The van der Waals surface area contributed by atoms with Gasteiger partial charge in [-0.1, -0.05) is 159 Å². The molecule has 4 aromatic rings. The maximum atomic E-state index is 15.1. The number of benzene rings is 3. The number of ether oxygens (including phenoxy) is 9. The van der Waals surface area contributed by atoms with E-state index in [-0.39, 0.29) is 140 Å². The molecule has 147 heavy (non-hydrogen) atoms. The Morgan fingerprint density at radius 3 is 1.85 bits per heavy atom. The van der Waals surface area contributed by atoms with Crippen LogP contribution in [0.2, 0.25) is 0 Å². The van der Waals surface area contributed by atoms with E-state index in [1.807, 2.05) is 68.4 Å². The fraction of sp³-hybridized carbons (Fsp3) is 0.686. The number of rotatable bonds is 57. The van der Waals surface area contributed by atoms with Gasteiger partial charge in [0.15, 0.2) is 6.23 Å². The smallest absolute Gasteiger partial charge is 0.246 e. The Kier molecular flexibility index (Phi) is 49.2. The zero-order valence-corrected chi connectivity index (χ0v) is 87.7. The minimum absolute atomic E-state index is 0.00176. The standard InChI is InChI=1S/C105H160N14O28/c1-16-64(8)90(77(139-14)56-84(126)117-47-29-38-75(117)97(140-15)65(9)99(133)108-66(10)91(127)70-32-19-17-20-33-70)116(13)104(138)87(62(4)5)112-102(136)89(63(6)7)115(12)103(137)67(11)109-101(135)86(61(2)3)111-100(134)72(110-81(123)44-48-141-50-52-143-54-55-144-53-51-142-49-46-107-80(122)42-43-83(125)118-57-71-34-24-23-30-68(71)40-41-69-31-25-26-36-73(69)118)35-27-28-45-106-82(124)60-145-76-39-22-18-21-37-74-88(76)113-114-119(74)105-96(132)93(129)85(78(58-120)147-105)98-95(131)94(130)92(128)79(59-121)146-98/h17,19-20,23-26,30-34,36,61-67,72,75-79,85-87,89-98,105,120-121,127-132H,16,18,21-22,27-29,35,37-39,42-60H2,1-15H3,(H,106,124)(H,107,122)(H,108,133)(H,109,135)(H,110,123)(H,111,134)(H,112,136)/t64-,65+,66+,67-,72+,75-,76?,77+,78+,79+,85?,86-,87-,89-,90-,91+,92+,93-,94-,95+,96+,97+,98+,105-/m0/s1. The number of fused-ring (bicyclic) bond motifs is 3. The van der Waals surface area contributed by atoms with Gasteiger partial charge in [-0.15, -0.1) is 5.10 Å². The number of hydrogen-bond donors (Lipinski definition) is 15. The lowest BCUT2D eigenvalue weighted by atomic mass is 9.78. The Morgan fingerprint density at radius 2 is 1.20 bits per heavy atom. The largest absolute Gasteiger partial charge is 0.394 e. The molecule has 11 amide bonds. The topological polar surface area (TPSA) is 561 Å². The number of aromatic nitrogens is 3. The van der Waals surface area contributed by atoms with E-state index in [0.717, 1.165) is 23.1 Å². The van der Waals surface area contributed by atoms with Crippen LogP contribution in [0.25, 0.3) is 0 Å². The summed E-state index contributed by atoms with van der Waals surface area (Å²) in [7, 11) is 6.00. The fourth-order valence-electron chi connectivity index (χ4n) is 19.8. The van der Waals surface area contributed by atoms with Gasteiger partial charge in [0.2, 0.25) is 65.0 Å². The molecule has 4 aliphatic heterocycles. The highest BCUT2D eigenvalue weighted by Gasteiger charge is 2.56. The van der Waals surface area contributed by atoms with Crippen molar-refractivity contribution in [2.75, 3.05) is 126 Å². The number of para-hydroxylation sites is 1. The number of carbonyl (C=O) groups excluding carboxylic acids is 11. The summed E-state index contributed by atoms with van der Waals surface area (Å²) < 4.78 is 54.2. The summed E-state index contributed by atoms with van der Waals surface area (Å²) in [5, 5.41) is 115. The second-order valence-electron chi connectivity index (χ2n) is 39.9. The summed E-state index contributed by atoms with van der Waals surface area (Å²) >= 11 is 0. The molecule has 3 aromatic carbocycles. The van der Waals surface area contributed by atoms with Crippen LogP contribution < -0.4 is 42.1 Å². The van der Waals surface area contributed by atoms with Crippen LogP contribution in [-0.2, 0) is 108 Å². The van der Waals surface area contributed by atoms with Crippen LogP contribution in [0.1, 0.15) is 218 Å². The van der Waals surface area contributed by atoms with Gasteiger partial charge in [-0.2, -0.15) is 0 Å². The number of aliphatic hydroxyl groups is 8. The quantitative estimate of drug-likeness (QED) is 0.0222. The molecule has 0 saturated carbocycles. The van der Waals surface area contributed by atoms with Crippen LogP contribution in [-0.4, -0.2) is 366 Å². The van der Waals surface area contributed by atoms with Crippen molar-refractivity contribution in [3.05, 3.63) is 113 Å². The zero-order chi connectivity index (χ0) is 107. The highest BCUT2D eigenvalue weighted by molar-refractivity contribution is 5.98. The normalized spacial score (nSPS) is 22.8. The maximum absolute atomic E-state index is 15.1. The molecule has 1 aromatic heterocycles. The summed E-state index contributed by atoms with van der Waals surface area (Å²) in [5.41, 5.74) is 4.61. The molecule has 3 fully saturated rings. The minimum atomic E-state index is -1.82. The van der Waals surface area contributed by atoms with Crippen molar-refractivity contribution >= 4 is 70.7 Å². The average molecular weight is 2070 g/mol. The number of likely N-dealkylation sites (N-methyl/N-ethyl adjacent to an activating group) is 2. The van der Waals surface area contributed by atoms with Gasteiger partial charge in [0.25, 0.3) is 0 Å². The molecule has 2 unspecified atom stereocenters. The number of nitrogens with one attached hydrogen (secondary N) is 7. The van der Waals surface area contributed by atoms with E-state index < -0.39 is 219 Å². The van der Waals surface area contributed by atoms with Gasteiger partial charge in [0.1, 0.15) is 79.1 Å². The predicted octanol–water partition coefficient (Wildman–Crippen LogP) is 2.02. The number of anilines is 1. The summed E-state index contributed by atoms with van der Waals surface area (Å²) in [5.74, 6) is -3.18. The van der Waals surface area contributed by atoms with E-state index in [9.17, 15) is 88.8 Å². The summed E-state index contributed by atoms with van der Waals surface area (Å²) in [6, 6.07) is 16.1. The Morgan fingerprint density at radius 1 is 0.565 bits per heavy atom. The van der Waals surface area contributed by atoms with E-state index in [1.54, 1.807) is 96.5 Å². The summed E-state index contributed by atoms with van der Waals surface area (Å²) in [6.07, 6.45) is -13.1. The van der Waals surface area contributed by atoms with Crippen LogP contribution in [0.4, 0.5) is 5.69 Å². The maximum Gasteiger partial charge on any atom is 0.246 e. The van der Waals surface area contributed by atoms with Crippen molar-refractivity contribution in [3.8, 4) is 11.8 Å². The van der Waals surface area contributed by atoms with Gasteiger partial charge in [-0.25, -0.2) is 4.68 Å². The molecular formula is C105H160N14O28. The zero-order valence-electron chi connectivity index (χ0n) is 87.7. The minimum Gasteiger partial charge on any atom is -0.394 e. The third-order valence-corrected chi connectivity index (χ3v) is 28.3. The predicted molar refractivity (Wildman–Crippen MR) is 538 cm³/mol. The molecule has 3 saturated heterocycles. The van der Waals surface area contributed by atoms with Crippen molar-refractivity contribution < 1.29 is 136 Å². The molecule has 24 atom stereocenters. The van der Waals surface area contributed by atoms with E-state index in [2.05, 4.69) is 59.4 Å². The van der Waals surface area contributed by atoms with Gasteiger partial charge >= 0.3 is 0 Å². The first-order valence-corrected chi connectivity index (χ1v) is 51.8. The molecule has 5 aliphatic rings. The van der Waals surface area contributed by atoms with Gasteiger partial charge in [-0.3, -0.25) is 52.7 Å². The van der Waals surface area contributed by atoms with Gasteiger partial charge in [-0.05, 0) is 118 Å². The van der Waals surface area contributed by atoms with Gasteiger partial charge in [0.05, 0.1) is 151 Å². The number of hydrogen-bond acceptors (Lipinski definition) is 30. The molecule has 42 nitrogen and oxygen atoms in total. The highest BCUT2D eigenvalue weighted by atomic mass is 16.6. The molecule has 15 N–H and O–H groups in total. The second kappa shape index (κ2) is 60.0. The average Bonchev–Trinajstić information content (AvgIpc) is 1.74. The van der Waals surface area contributed by atoms with Crippen LogP contribution in [0.15, 0.2) is 78.9 Å². The highest BCUT2D eigenvalue weighted by Crippen LogP contribution is 2.42. The lowest BCUT2D eigenvalue weighted by Gasteiger charge is -2.50. The van der Waals surface area contributed by atoms with Crippen molar-refractivity contribution in [1.29, 1.82) is 0 Å². The second-order valence-corrected chi connectivity index (χ2v) is 39.9. The number of aliphatic hydroxyl groups excluding tert-OH is 8. The summed E-state index contributed by atoms with van der Waals surface area (Å²) in [6.45, 7) is 19.5. The molecule has 0 bridgehead atoms.